The number of carbonyl (C=O) groups excluding carboxylic acids is 2. The smallest absolute Gasteiger partial charge is 0.411 e. The monoisotopic (exact) mass is 627 g/mol. The van der Waals surface area contributed by atoms with Gasteiger partial charge < -0.3 is 9.47 Å². The maximum absolute atomic E-state index is 15.7. The van der Waals surface area contributed by atoms with Crippen LogP contribution in [0.15, 0.2) is 89.0 Å². The zero-order valence-corrected chi connectivity index (χ0v) is 25.7. The number of methoxy groups -OCH3 is 2. The van der Waals surface area contributed by atoms with Crippen LogP contribution in [-0.2, 0) is 24.2 Å². The van der Waals surface area contributed by atoms with Gasteiger partial charge in [0.15, 0.2) is 5.78 Å². The Labute approximate surface area is 261 Å². The van der Waals surface area contributed by atoms with Crippen LogP contribution in [0.5, 0.6) is 5.75 Å². The number of hydrogen-bond donors (Lipinski definition) is 1. The molecule has 0 aliphatic carbocycles. The maximum atomic E-state index is 15.7. The molecular weight excluding hydrogens is 597 g/mol. The van der Waals surface area contributed by atoms with Gasteiger partial charge in [-0.1, -0.05) is 49.9 Å². The first-order valence-electron chi connectivity index (χ1n) is 14.0. The molecule has 1 amide bonds. The van der Waals surface area contributed by atoms with Crippen LogP contribution in [-0.4, -0.2) is 35.2 Å². The molecule has 0 aliphatic heterocycles. The molecule has 230 valence electrons. The topological polar surface area (TPSA) is 109 Å². The number of nitrogens with zero attached hydrogens (tertiary/aromatic N) is 2. The summed E-state index contributed by atoms with van der Waals surface area (Å²) < 4.78 is 27.8. The van der Waals surface area contributed by atoms with Crippen molar-refractivity contribution in [1.82, 2.24) is 14.5 Å². The largest absolute Gasteiger partial charge is 0.497 e. The SMILES string of the molecule is C=C(NC(=O)OC)c1ccccc1-c1ccc(Cn2c(=O)n(CC(=O)c3ccc(OC)cc3)c(=O)c3cc(CC)sc32)c(F)c1. The molecule has 5 aromatic rings. The summed E-state index contributed by atoms with van der Waals surface area (Å²) in [5, 5.41) is 2.83. The second-order valence-electron chi connectivity index (χ2n) is 10.1. The van der Waals surface area contributed by atoms with E-state index in [1.807, 2.05) is 6.92 Å². The van der Waals surface area contributed by atoms with Crippen molar-refractivity contribution in [3.8, 4) is 16.9 Å². The van der Waals surface area contributed by atoms with E-state index < -0.39 is 35.5 Å². The molecule has 0 spiro atoms. The quantitative estimate of drug-likeness (QED) is 0.194. The van der Waals surface area contributed by atoms with Gasteiger partial charge >= 0.3 is 11.8 Å². The summed E-state index contributed by atoms with van der Waals surface area (Å²) in [7, 11) is 2.75. The number of fused-ring (bicyclic) bond motifs is 1. The van der Waals surface area contributed by atoms with E-state index in [9.17, 15) is 19.2 Å². The number of Topliss-reactive ketones (excluding diaryl/α,β-unsaturated/α-hetero) is 1. The zero-order chi connectivity index (χ0) is 32.2. The van der Waals surface area contributed by atoms with Crippen LogP contribution in [0.4, 0.5) is 9.18 Å². The molecule has 0 aliphatic rings. The van der Waals surface area contributed by atoms with Crippen LogP contribution in [0.1, 0.15) is 33.3 Å². The molecule has 0 saturated heterocycles. The molecule has 2 aromatic heterocycles. The number of alkyl carbamates (subject to hydrolysis) is 1. The lowest BCUT2D eigenvalue weighted by Crippen LogP contribution is -2.41. The Morgan fingerprint density at radius 3 is 2.38 bits per heavy atom. The predicted molar refractivity (Wildman–Crippen MR) is 173 cm³/mol. The van der Waals surface area contributed by atoms with E-state index in [4.69, 9.17) is 4.74 Å². The summed E-state index contributed by atoms with van der Waals surface area (Å²) in [5.74, 6) is -0.434. The van der Waals surface area contributed by atoms with Gasteiger partial charge in [-0.3, -0.25) is 24.0 Å². The molecule has 0 fully saturated rings. The highest BCUT2D eigenvalue weighted by Crippen LogP contribution is 2.30. The highest BCUT2D eigenvalue weighted by atomic mass is 32.1. The minimum Gasteiger partial charge on any atom is -0.497 e. The maximum Gasteiger partial charge on any atom is 0.411 e. The number of halogens is 1. The first kappa shape index (κ1) is 31.1. The lowest BCUT2D eigenvalue weighted by atomic mass is 9.97. The van der Waals surface area contributed by atoms with Crippen LogP contribution in [0.3, 0.4) is 0 Å². The van der Waals surface area contributed by atoms with E-state index in [1.165, 1.54) is 36.2 Å². The van der Waals surface area contributed by atoms with E-state index in [1.54, 1.807) is 66.7 Å². The molecule has 0 bridgehead atoms. The van der Waals surface area contributed by atoms with E-state index in [-0.39, 0.29) is 17.8 Å². The summed E-state index contributed by atoms with van der Waals surface area (Å²) in [5.41, 5.74) is 1.26. The van der Waals surface area contributed by atoms with Crippen molar-refractivity contribution in [2.45, 2.75) is 26.4 Å². The van der Waals surface area contributed by atoms with Crippen molar-refractivity contribution in [3.63, 3.8) is 0 Å². The van der Waals surface area contributed by atoms with Gasteiger partial charge in [0.05, 0.1) is 32.7 Å². The van der Waals surface area contributed by atoms with E-state index in [0.717, 1.165) is 9.44 Å². The molecule has 0 unspecified atom stereocenters. The summed E-state index contributed by atoms with van der Waals surface area (Å²) >= 11 is 1.29. The third-order valence-electron chi connectivity index (χ3n) is 7.39. The van der Waals surface area contributed by atoms with Gasteiger partial charge in [-0.05, 0) is 53.9 Å². The summed E-state index contributed by atoms with van der Waals surface area (Å²) in [6.45, 7) is 5.20. The highest BCUT2D eigenvalue weighted by Gasteiger charge is 2.20. The third kappa shape index (κ3) is 6.34. The van der Waals surface area contributed by atoms with Gasteiger partial charge in [0.25, 0.3) is 5.56 Å². The zero-order valence-electron chi connectivity index (χ0n) is 24.9. The molecular formula is C34H30FN3O6S. The third-order valence-corrected chi connectivity index (χ3v) is 8.69. The Bertz CT molecular complexity index is 2060. The fraction of sp³-hybridized carbons (Fsp3) is 0.176. The van der Waals surface area contributed by atoms with E-state index >= 15 is 4.39 Å². The number of aryl methyl sites for hydroxylation is 1. The number of benzene rings is 3. The Morgan fingerprint density at radius 2 is 1.71 bits per heavy atom. The number of hydrogen-bond acceptors (Lipinski definition) is 7. The molecule has 0 radical (unpaired) electrons. The van der Waals surface area contributed by atoms with Crippen LogP contribution < -0.4 is 21.3 Å². The van der Waals surface area contributed by atoms with Crippen LogP contribution in [0.25, 0.3) is 27.0 Å². The van der Waals surface area contributed by atoms with Crippen molar-refractivity contribution >= 4 is 39.1 Å². The van der Waals surface area contributed by atoms with Crippen LogP contribution in [0, 0.1) is 5.82 Å². The minimum absolute atomic E-state index is 0.166. The molecule has 2 heterocycles. The number of rotatable bonds is 10. The fourth-order valence-electron chi connectivity index (χ4n) is 4.97. The molecule has 3 aromatic carbocycles. The number of ketones is 1. The normalized spacial score (nSPS) is 10.9. The number of carbonyl (C=O) groups is 2. The first-order valence-corrected chi connectivity index (χ1v) is 14.8. The van der Waals surface area contributed by atoms with Gasteiger partial charge in [-0.25, -0.2) is 14.0 Å². The standard InChI is InChI=1S/C34H30FN3O6S/c1-5-25-17-28-31(40)37(19-30(39)21-12-14-24(43-3)15-13-21)34(42)38(32(28)45-25)18-23-11-10-22(16-29(23)35)27-9-7-6-8-26(27)20(2)36-33(41)44-4/h6-17H,2,5,18-19H2,1,3-4H3,(H,36,41). The Hall–Kier alpha value is -5.29. The van der Waals surface area contributed by atoms with Gasteiger partial charge in [-0.2, -0.15) is 0 Å². The average Bonchev–Trinajstić information content (AvgIpc) is 3.50. The molecule has 0 saturated carbocycles. The van der Waals surface area contributed by atoms with Crippen molar-refractivity contribution in [3.05, 3.63) is 128 Å². The second-order valence-corrected chi connectivity index (χ2v) is 11.3. The Morgan fingerprint density at radius 1 is 0.978 bits per heavy atom. The Balaban J connectivity index is 1.53. The predicted octanol–water partition coefficient (Wildman–Crippen LogP) is 5.86. The van der Waals surface area contributed by atoms with Gasteiger partial charge in [-0.15, -0.1) is 11.3 Å². The first-order chi connectivity index (χ1) is 21.6. The van der Waals surface area contributed by atoms with Crippen LogP contribution in [0.2, 0.25) is 0 Å². The molecule has 9 nitrogen and oxygen atoms in total. The number of ether oxygens (including phenoxy) is 2. The Kier molecular flexibility index (Phi) is 9.10. The number of aromatic nitrogens is 2. The molecule has 0 atom stereocenters. The second kappa shape index (κ2) is 13.1. The minimum atomic E-state index is -0.710. The molecule has 5 rings (SSSR count). The van der Waals surface area contributed by atoms with E-state index in [0.29, 0.717) is 44.6 Å². The fourth-order valence-corrected chi connectivity index (χ4v) is 6.05. The van der Waals surface area contributed by atoms with Gasteiger partial charge in [0.2, 0.25) is 0 Å². The molecule has 11 heteroatoms. The summed E-state index contributed by atoms with van der Waals surface area (Å²) in [6, 6.07) is 19.8. The lowest BCUT2D eigenvalue weighted by Gasteiger charge is -2.15. The lowest BCUT2D eigenvalue weighted by molar-refractivity contribution is 0.0968. The van der Waals surface area contributed by atoms with E-state index in [2.05, 4.69) is 16.6 Å². The summed E-state index contributed by atoms with van der Waals surface area (Å²) in [4.78, 5) is 53.4. The van der Waals surface area contributed by atoms with Crippen molar-refractivity contribution < 1.29 is 23.5 Å². The molecule has 1 N–H and O–H groups in total. The highest BCUT2D eigenvalue weighted by molar-refractivity contribution is 7.18. The van der Waals surface area contributed by atoms with Gasteiger partial charge in [0.1, 0.15) is 16.4 Å². The summed E-state index contributed by atoms with van der Waals surface area (Å²) in [6.07, 6.45) is -0.0454. The van der Waals surface area contributed by atoms with Crippen molar-refractivity contribution in [2.24, 2.45) is 0 Å². The number of thiophene rings is 1. The van der Waals surface area contributed by atoms with Crippen LogP contribution >= 0.6 is 11.3 Å². The van der Waals surface area contributed by atoms with Crippen molar-refractivity contribution in [1.29, 1.82) is 0 Å². The molecule has 45 heavy (non-hydrogen) atoms. The number of amides is 1. The van der Waals surface area contributed by atoms with Gasteiger partial charge in [0, 0.05) is 27.3 Å². The average molecular weight is 628 g/mol. The van der Waals surface area contributed by atoms with Crippen molar-refractivity contribution in [2.75, 3.05) is 14.2 Å². The number of nitrogens with one attached hydrogen (secondary N) is 1.